The number of nitrogens with one attached hydrogen (secondary N) is 1. The van der Waals surface area contributed by atoms with E-state index in [1.807, 2.05) is 0 Å². The molecule has 0 aromatic rings. The maximum atomic E-state index is 12.1. The van der Waals surface area contributed by atoms with Gasteiger partial charge in [0.05, 0.1) is 0 Å². The van der Waals surface area contributed by atoms with E-state index in [1.165, 1.54) is 38.5 Å². The molecule has 0 aliphatic heterocycles. The van der Waals surface area contributed by atoms with Crippen LogP contribution < -0.4 is 11.1 Å². The molecule has 0 spiro atoms. The quantitative estimate of drug-likeness (QED) is 0.836. The largest absolute Gasteiger partial charge is 0.353 e. The van der Waals surface area contributed by atoms with Crippen LogP contribution in [0.2, 0.25) is 0 Å². The Hall–Kier alpha value is -0.280. The summed E-state index contributed by atoms with van der Waals surface area (Å²) in [6, 6.07) is 0.343. The first kappa shape index (κ1) is 16.8. The Morgan fingerprint density at radius 3 is 2.58 bits per heavy atom. The SMILES string of the molecule is CC1CCC(CC(=O)NC2CCCCC2CN)C1.Cl. The van der Waals surface area contributed by atoms with Gasteiger partial charge in [0.2, 0.25) is 5.91 Å². The van der Waals surface area contributed by atoms with Crippen LogP contribution in [0.4, 0.5) is 0 Å². The Morgan fingerprint density at radius 1 is 1.21 bits per heavy atom. The molecule has 4 unspecified atom stereocenters. The van der Waals surface area contributed by atoms with E-state index in [-0.39, 0.29) is 18.3 Å². The van der Waals surface area contributed by atoms with Gasteiger partial charge >= 0.3 is 0 Å². The lowest BCUT2D eigenvalue weighted by atomic mass is 9.84. The van der Waals surface area contributed by atoms with Gasteiger partial charge in [-0.2, -0.15) is 0 Å². The maximum absolute atomic E-state index is 12.1. The average molecular weight is 289 g/mol. The molecule has 3 nitrogen and oxygen atoms in total. The van der Waals surface area contributed by atoms with Gasteiger partial charge in [-0.05, 0) is 50.0 Å². The minimum Gasteiger partial charge on any atom is -0.353 e. The summed E-state index contributed by atoms with van der Waals surface area (Å²) >= 11 is 0. The first-order valence-corrected chi connectivity index (χ1v) is 7.68. The van der Waals surface area contributed by atoms with Gasteiger partial charge in [-0.15, -0.1) is 12.4 Å². The molecule has 4 atom stereocenters. The van der Waals surface area contributed by atoms with Crippen LogP contribution in [0.5, 0.6) is 0 Å². The van der Waals surface area contributed by atoms with Crippen LogP contribution in [0.15, 0.2) is 0 Å². The van der Waals surface area contributed by atoms with Crippen LogP contribution in [0.1, 0.15) is 58.3 Å². The fourth-order valence-corrected chi connectivity index (χ4v) is 3.72. The zero-order chi connectivity index (χ0) is 13.0. The molecule has 2 saturated carbocycles. The van der Waals surface area contributed by atoms with Crippen molar-refractivity contribution in [3.63, 3.8) is 0 Å². The summed E-state index contributed by atoms with van der Waals surface area (Å²) in [6.07, 6.45) is 9.32. The van der Waals surface area contributed by atoms with Gasteiger partial charge in [-0.1, -0.05) is 26.2 Å². The van der Waals surface area contributed by atoms with E-state index in [1.54, 1.807) is 0 Å². The smallest absolute Gasteiger partial charge is 0.220 e. The number of hydrogen-bond acceptors (Lipinski definition) is 2. The van der Waals surface area contributed by atoms with Crippen LogP contribution in [-0.4, -0.2) is 18.5 Å². The van der Waals surface area contributed by atoms with E-state index < -0.39 is 0 Å². The molecular formula is C15H29ClN2O. The standard InChI is InChI=1S/C15H28N2O.ClH/c1-11-6-7-12(8-11)9-15(18)17-14-5-3-2-4-13(14)10-16;/h11-14H,2-10,16H2,1H3,(H,17,18);1H. The van der Waals surface area contributed by atoms with Crippen molar-refractivity contribution in [2.24, 2.45) is 23.5 Å². The minimum atomic E-state index is 0. The number of nitrogens with two attached hydrogens (primary N) is 1. The van der Waals surface area contributed by atoms with Gasteiger partial charge in [-0.3, -0.25) is 4.79 Å². The van der Waals surface area contributed by atoms with Crippen LogP contribution >= 0.6 is 12.4 Å². The number of carbonyl (C=O) groups is 1. The van der Waals surface area contributed by atoms with Gasteiger partial charge in [-0.25, -0.2) is 0 Å². The lowest BCUT2D eigenvalue weighted by Gasteiger charge is -2.31. The Morgan fingerprint density at radius 2 is 1.95 bits per heavy atom. The minimum absolute atomic E-state index is 0. The number of carbonyl (C=O) groups excluding carboxylic acids is 1. The highest BCUT2D eigenvalue weighted by molar-refractivity contribution is 5.85. The molecule has 3 N–H and O–H groups in total. The van der Waals surface area contributed by atoms with E-state index in [2.05, 4.69) is 12.2 Å². The van der Waals surface area contributed by atoms with Gasteiger partial charge in [0.25, 0.3) is 0 Å². The second kappa shape index (κ2) is 8.11. The first-order valence-electron chi connectivity index (χ1n) is 7.68. The average Bonchev–Trinajstić information content (AvgIpc) is 2.75. The Labute approximate surface area is 123 Å². The molecule has 19 heavy (non-hydrogen) atoms. The third-order valence-electron chi connectivity index (χ3n) is 4.84. The van der Waals surface area contributed by atoms with Crippen LogP contribution in [0.3, 0.4) is 0 Å². The van der Waals surface area contributed by atoms with Gasteiger partial charge in [0, 0.05) is 12.5 Å². The van der Waals surface area contributed by atoms with Gasteiger partial charge < -0.3 is 11.1 Å². The second-order valence-electron chi connectivity index (χ2n) is 6.44. The van der Waals surface area contributed by atoms with Gasteiger partial charge in [0.15, 0.2) is 0 Å². The summed E-state index contributed by atoms with van der Waals surface area (Å²) in [5, 5.41) is 3.24. The lowest BCUT2D eigenvalue weighted by molar-refractivity contribution is -0.123. The topological polar surface area (TPSA) is 55.1 Å². The summed E-state index contributed by atoms with van der Waals surface area (Å²) < 4.78 is 0. The second-order valence-corrected chi connectivity index (χ2v) is 6.44. The third kappa shape index (κ3) is 4.96. The number of halogens is 1. The van der Waals surface area contributed by atoms with Crippen molar-refractivity contribution in [1.29, 1.82) is 0 Å². The molecule has 2 rings (SSSR count). The molecule has 0 saturated heterocycles. The summed E-state index contributed by atoms with van der Waals surface area (Å²) in [6.45, 7) is 3.01. The van der Waals surface area contributed by atoms with Crippen LogP contribution in [-0.2, 0) is 4.79 Å². The van der Waals surface area contributed by atoms with Crippen molar-refractivity contribution in [2.75, 3.05) is 6.54 Å². The molecule has 1 amide bonds. The zero-order valence-corrected chi connectivity index (χ0v) is 12.9. The highest BCUT2D eigenvalue weighted by atomic mass is 35.5. The Kier molecular flexibility index (Phi) is 7.16. The predicted molar refractivity (Wildman–Crippen MR) is 81.3 cm³/mol. The van der Waals surface area contributed by atoms with Crippen LogP contribution in [0.25, 0.3) is 0 Å². The fraction of sp³-hybridized carbons (Fsp3) is 0.933. The number of rotatable bonds is 4. The zero-order valence-electron chi connectivity index (χ0n) is 12.1. The van der Waals surface area contributed by atoms with Crippen molar-refractivity contribution < 1.29 is 4.79 Å². The lowest BCUT2D eigenvalue weighted by Crippen LogP contribution is -2.45. The van der Waals surface area contributed by atoms with E-state index in [0.29, 0.717) is 24.4 Å². The first-order chi connectivity index (χ1) is 8.69. The molecule has 4 heteroatoms. The molecule has 0 radical (unpaired) electrons. The molecule has 112 valence electrons. The molecule has 0 aromatic heterocycles. The molecule has 0 aromatic carbocycles. The molecule has 2 fully saturated rings. The number of hydrogen-bond donors (Lipinski definition) is 2. The normalized spacial score (nSPS) is 34.6. The monoisotopic (exact) mass is 288 g/mol. The fourth-order valence-electron chi connectivity index (χ4n) is 3.72. The Bertz CT molecular complexity index is 285. The molecular weight excluding hydrogens is 260 g/mol. The van der Waals surface area contributed by atoms with Crippen molar-refractivity contribution in [2.45, 2.75) is 64.3 Å². The Balaban J connectivity index is 0.00000180. The van der Waals surface area contributed by atoms with E-state index >= 15 is 0 Å². The highest BCUT2D eigenvalue weighted by Crippen LogP contribution is 2.32. The number of amides is 1. The molecule has 0 bridgehead atoms. The maximum Gasteiger partial charge on any atom is 0.220 e. The third-order valence-corrected chi connectivity index (χ3v) is 4.84. The van der Waals surface area contributed by atoms with E-state index in [0.717, 1.165) is 18.8 Å². The van der Waals surface area contributed by atoms with Crippen LogP contribution in [0, 0.1) is 17.8 Å². The summed E-state index contributed by atoms with van der Waals surface area (Å²) in [5.41, 5.74) is 5.80. The van der Waals surface area contributed by atoms with Crippen molar-refractivity contribution in [3.8, 4) is 0 Å². The van der Waals surface area contributed by atoms with E-state index in [9.17, 15) is 4.79 Å². The van der Waals surface area contributed by atoms with Crippen molar-refractivity contribution >= 4 is 18.3 Å². The highest BCUT2D eigenvalue weighted by Gasteiger charge is 2.28. The van der Waals surface area contributed by atoms with Gasteiger partial charge in [0.1, 0.15) is 0 Å². The summed E-state index contributed by atoms with van der Waals surface area (Å²) in [5.74, 6) is 2.21. The predicted octanol–water partition coefficient (Wildman–Crippen LogP) is 2.87. The van der Waals surface area contributed by atoms with Crippen molar-refractivity contribution in [3.05, 3.63) is 0 Å². The van der Waals surface area contributed by atoms with Crippen molar-refractivity contribution in [1.82, 2.24) is 5.32 Å². The molecule has 2 aliphatic carbocycles. The molecule has 0 heterocycles. The summed E-state index contributed by atoms with van der Waals surface area (Å²) in [7, 11) is 0. The summed E-state index contributed by atoms with van der Waals surface area (Å²) in [4.78, 5) is 12.1. The van der Waals surface area contributed by atoms with E-state index in [4.69, 9.17) is 5.73 Å². The molecule has 2 aliphatic rings.